The van der Waals surface area contributed by atoms with Crippen LogP contribution in [-0.2, 0) is 0 Å². The van der Waals surface area contributed by atoms with Crippen molar-refractivity contribution in [3.63, 3.8) is 0 Å². The molecule has 0 saturated carbocycles. The average molecular weight is 220 g/mol. The summed E-state index contributed by atoms with van der Waals surface area (Å²) in [6.07, 6.45) is 0.238. The molecule has 1 nitrogen and oxygen atoms in total. The van der Waals surface area contributed by atoms with Crippen molar-refractivity contribution in [3.8, 4) is 5.75 Å². The zero-order valence-corrected chi connectivity index (χ0v) is 11.4. The van der Waals surface area contributed by atoms with Crippen molar-refractivity contribution in [1.82, 2.24) is 0 Å². The molecule has 0 fully saturated rings. The fourth-order valence-electron chi connectivity index (χ4n) is 1.65. The molecule has 0 aliphatic rings. The molecule has 0 aliphatic carbocycles. The molecule has 0 atom stereocenters. The zero-order chi connectivity index (χ0) is 12.3. The highest BCUT2D eigenvalue weighted by Crippen LogP contribution is 2.27. The Morgan fingerprint density at radius 1 is 0.750 bits per heavy atom. The fourth-order valence-corrected chi connectivity index (χ4v) is 1.65. The quantitative estimate of drug-likeness (QED) is 0.713. The van der Waals surface area contributed by atoms with Crippen molar-refractivity contribution in [2.24, 2.45) is 0 Å². The maximum atomic E-state index is 5.80. The summed E-state index contributed by atoms with van der Waals surface area (Å²) in [5.41, 5.74) is 2.73. The molecular formula is C15H24O. The summed E-state index contributed by atoms with van der Waals surface area (Å²) in [6.45, 7) is 13.0. The number of ether oxygens (including phenoxy) is 1. The zero-order valence-electron chi connectivity index (χ0n) is 11.4. The van der Waals surface area contributed by atoms with E-state index in [1.807, 2.05) is 0 Å². The largest absolute Gasteiger partial charge is 0.491 e. The molecule has 0 aromatic heterocycles. The Morgan fingerprint density at radius 2 is 1.19 bits per heavy atom. The summed E-state index contributed by atoms with van der Waals surface area (Å²) < 4.78 is 5.80. The predicted octanol–water partition coefficient (Wildman–Crippen LogP) is 4.72. The van der Waals surface area contributed by atoms with Crippen LogP contribution in [0.2, 0.25) is 0 Å². The number of hydrogen-bond donors (Lipinski definition) is 0. The van der Waals surface area contributed by atoms with Crippen molar-refractivity contribution in [2.75, 3.05) is 0 Å². The lowest BCUT2D eigenvalue weighted by Crippen LogP contribution is -2.06. The van der Waals surface area contributed by atoms with E-state index >= 15 is 0 Å². The van der Waals surface area contributed by atoms with Crippen molar-refractivity contribution in [1.29, 1.82) is 0 Å². The van der Waals surface area contributed by atoms with Crippen molar-refractivity contribution < 1.29 is 4.74 Å². The van der Waals surface area contributed by atoms with Crippen LogP contribution in [0.1, 0.15) is 64.5 Å². The molecule has 0 heterocycles. The molecule has 16 heavy (non-hydrogen) atoms. The van der Waals surface area contributed by atoms with Crippen LogP contribution in [0.25, 0.3) is 0 Å². The van der Waals surface area contributed by atoms with E-state index in [0.717, 1.165) is 5.75 Å². The normalized spacial score (nSPS) is 11.6. The first-order valence-electron chi connectivity index (χ1n) is 6.21. The van der Waals surface area contributed by atoms with Gasteiger partial charge in [-0.05, 0) is 48.9 Å². The van der Waals surface area contributed by atoms with Gasteiger partial charge in [-0.15, -0.1) is 0 Å². The Bertz CT molecular complexity index is 311. The Labute approximate surface area is 99.8 Å². The first kappa shape index (κ1) is 13.1. The van der Waals surface area contributed by atoms with E-state index in [2.05, 4.69) is 59.7 Å². The van der Waals surface area contributed by atoms with Gasteiger partial charge in [0.2, 0.25) is 0 Å². The molecule has 0 amide bonds. The minimum atomic E-state index is 0.238. The van der Waals surface area contributed by atoms with Gasteiger partial charge in [-0.3, -0.25) is 0 Å². The highest BCUT2D eigenvalue weighted by Gasteiger charge is 2.08. The lowest BCUT2D eigenvalue weighted by atomic mass is 9.95. The second kappa shape index (κ2) is 5.38. The van der Waals surface area contributed by atoms with Crippen LogP contribution in [0.5, 0.6) is 5.75 Å². The van der Waals surface area contributed by atoms with E-state index < -0.39 is 0 Å². The Kier molecular flexibility index (Phi) is 4.40. The minimum Gasteiger partial charge on any atom is -0.491 e. The topological polar surface area (TPSA) is 9.23 Å². The van der Waals surface area contributed by atoms with E-state index in [0.29, 0.717) is 11.8 Å². The van der Waals surface area contributed by atoms with Crippen molar-refractivity contribution in [3.05, 3.63) is 29.3 Å². The first-order chi connectivity index (χ1) is 7.40. The van der Waals surface area contributed by atoms with Crippen LogP contribution in [0, 0.1) is 0 Å². The lowest BCUT2D eigenvalue weighted by molar-refractivity contribution is 0.242. The van der Waals surface area contributed by atoms with Crippen molar-refractivity contribution >= 4 is 0 Å². The standard InChI is InChI=1S/C15H24O/c1-10(2)13-7-14(11(3)4)9-15(8-13)16-12(5)6/h7-12H,1-6H3. The molecule has 0 spiro atoms. The maximum absolute atomic E-state index is 5.80. The van der Waals surface area contributed by atoms with Crippen LogP contribution in [0.15, 0.2) is 18.2 Å². The molecule has 0 aliphatic heterocycles. The van der Waals surface area contributed by atoms with Gasteiger partial charge in [-0.2, -0.15) is 0 Å². The molecule has 1 rings (SSSR count). The second-order valence-electron chi connectivity index (χ2n) is 5.31. The van der Waals surface area contributed by atoms with Gasteiger partial charge in [0.05, 0.1) is 6.10 Å². The van der Waals surface area contributed by atoms with Crippen LogP contribution in [0.3, 0.4) is 0 Å². The maximum Gasteiger partial charge on any atom is 0.120 e. The summed E-state index contributed by atoms with van der Waals surface area (Å²) in [6, 6.07) is 6.62. The summed E-state index contributed by atoms with van der Waals surface area (Å²) in [4.78, 5) is 0. The van der Waals surface area contributed by atoms with Crippen molar-refractivity contribution in [2.45, 2.75) is 59.5 Å². The third-order valence-corrected chi connectivity index (χ3v) is 2.66. The van der Waals surface area contributed by atoms with Gasteiger partial charge in [-0.25, -0.2) is 0 Å². The van der Waals surface area contributed by atoms with Gasteiger partial charge in [0.15, 0.2) is 0 Å². The first-order valence-corrected chi connectivity index (χ1v) is 6.21. The molecule has 0 bridgehead atoms. The summed E-state index contributed by atoms with van der Waals surface area (Å²) in [7, 11) is 0. The molecule has 1 aromatic carbocycles. The number of rotatable bonds is 4. The minimum absolute atomic E-state index is 0.238. The molecule has 0 saturated heterocycles. The molecule has 0 unspecified atom stereocenters. The van der Waals surface area contributed by atoms with Gasteiger partial charge < -0.3 is 4.74 Å². The van der Waals surface area contributed by atoms with E-state index in [4.69, 9.17) is 4.74 Å². The average Bonchev–Trinajstić information content (AvgIpc) is 2.15. The highest BCUT2D eigenvalue weighted by atomic mass is 16.5. The Morgan fingerprint density at radius 3 is 1.50 bits per heavy atom. The van der Waals surface area contributed by atoms with E-state index in [-0.39, 0.29) is 6.10 Å². The van der Waals surface area contributed by atoms with Crippen LogP contribution < -0.4 is 4.74 Å². The van der Waals surface area contributed by atoms with Gasteiger partial charge in [-0.1, -0.05) is 33.8 Å². The predicted molar refractivity (Wildman–Crippen MR) is 70.4 cm³/mol. The third-order valence-electron chi connectivity index (χ3n) is 2.66. The molecule has 0 radical (unpaired) electrons. The van der Waals surface area contributed by atoms with Crippen LogP contribution >= 0.6 is 0 Å². The van der Waals surface area contributed by atoms with Crippen LogP contribution in [-0.4, -0.2) is 6.10 Å². The lowest BCUT2D eigenvalue weighted by Gasteiger charge is -2.16. The Balaban J connectivity index is 3.08. The Hall–Kier alpha value is -0.980. The SMILES string of the molecule is CC(C)Oc1cc(C(C)C)cc(C(C)C)c1. The highest BCUT2D eigenvalue weighted by molar-refractivity contribution is 5.37. The smallest absolute Gasteiger partial charge is 0.120 e. The molecule has 0 N–H and O–H groups in total. The summed E-state index contributed by atoms with van der Waals surface area (Å²) >= 11 is 0. The molecule has 90 valence electrons. The molecule has 1 heteroatoms. The number of hydrogen-bond acceptors (Lipinski definition) is 1. The monoisotopic (exact) mass is 220 g/mol. The van der Waals surface area contributed by atoms with Gasteiger partial charge in [0.1, 0.15) is 5.75 Å². The summed E-state index contributed by atoms with van der Waals surface area (Å²) in [5.74, 6) is 2.10. The van der Waals surface area contributed by atoms with Gasteiger partial charge in [0, 0.05) is 0 Å². The third kappa shape index (κ3) is 3.55. The molecule has 1 aromatic rings. The van der Waals surface area contributed by atoms with E-state index in [1.165, 1.54) is 11.1 Å². The molecular weight excluding hydrogens is 196 g/mol. The van der Waals surface area contributed by atoms with Gasteiger partial charge >= 0.3 is 0 Å². The van der Waals surface area contributed by atoms with E-state index in [9.17, 15) is 0 Å². The van der Waals surface area contributed by atoms with Crippen LogP contribution in [0.4, 0.5) is 0 Å². The fraction of sp³-hybridized carbons (Fsp3) is 0.600. The number of benzene rings is 1. The second-order valence-corrected chi connectivity index (χ2v) is 5.31. The van der Waals surface area contributed by atoms with Gasteiger partial charge in [0.25, 0.3) is 0 Å². The summed E-state index contributed by atoms with van der Waals surface area (Å²) in [5, 5.41) is 0. The van der Waals surface area contributed by atoms with E-state index in [1.54, 1.807) is 0 Å².